The molecule has 0 spiro atoms. The minimum absolute atomic E-state index is 0.223. The minimum atomic E-state index is 0.223. The average Bonchev–Trinajstić information content (AvgIpc) is 3.31. The lowest BCUT2D eigenvalue weighted by molar-refractivity contribution is 0.0988. The SMILES string of the molecule is CCC(=O)c1ccc(NCC(C2CC2)C2CC2)cc1. The Hall–Kier alpha value is -1.31. The van der Waals surface area contributed by atoms with Crippen LogP contribution in [-0.4, -0.2) is 12.3 Å². The fourth-order valence-electron chi connectivity index (χ4n) is 2.98. The number of Topliss-reactive ketones (excluding diaryl/α,β-unsaturated/α-hetero) is 1. The lowest BCUT2D eigenvalue weighted by atomic mass is 9.98. The van der Waals surface area contributed by atoms with Crippen LogP contribution in [-0.2, 0) is 0 Å². The Bertz CT molecular complexity index is 431. The lowest BCUT2D eigenvalue weighted by Gasteiger charge is -2.17. The molecule has 1 aromatic carbocycles. The highest BCUT2D eigenvalue weighted by atomic mass is 16.1. The van der Waals surface area contributed by atoms with E-state index in [0.29, 0.717) is 6.42 Å². The first-order valence-electron chi connectivity index (χ1n) is 7.65. The van der Waals surface area contributed by atoms with E-state index in [9.17, 15) is 4.79 Å². The van der Waals surface area contributed by atoms with Gasteiger partial charge in [0.05, 0.1) is 0 Å². The van der Waals surface area contributed by atoms with Crippen molar-refractivity contribution in [2.24, 2.45) is 17.8 Å². The van der Waals surface area contributed by atoms with Crippen molar-refractivity contribution in [3.63, 3.8) is 0 Å². The second kappa shape index (κ2) is 5.36. The van der Waals surface area contributed by atoms with Crippen molar-refractivity contribution in [2.75, 3.05) is 11.9 Å². The molecule has 19 heavy (non-hydrogen) atoms. The van der Waals surface area contributed by atoms with Crippen LogP contribution in [0, 0.1) is 17.8 Å². The number of benzene rings is 1. The largest absolute Gasteiger partial charge is 0.385 e. The predicted molar refractivity (Wildman–Crippen MR) is 78.5 cm³/mol. The Morgan fingerprint density at radius 2 is 1.74 bits per heavy atom. The van der Waals surface area contributed by atoms with Crippen LogP contribution in [0.25, 0.3) is 0 Å². The molecule has 0 radical (unpaired) electrons. The minimum Gasteiger partial charge on any atom is -0.385 e. The van der Waals surface area contributed by atoms with Gasteiger partial charge in [0.2, 0.25) is 0 Å². The molecule has 0 aliphatic heterocycles. The van der Waals surface area contributed by atoms with Crippen molar-refractivity contribution in [3.8, 4) is 0 Å². The Kier molecular flexibility index (Phi) is 3.58. The van der Waals surface area contributed by atoms with Crippen LogP contribution >= 0.6 is 0 Å². The Morgan fingerprint density at radius 1 is 1.16 bits per heavy atom. The third-order valence-corrected chi connectivity index (χ3v) is 4.52. The number of carbonyl (C=O) groups is 1. The number of ketones is 1. The summed E-state index contributed by atoms with van der Waals surface area (Å²) in [6.45, 7) is 3.01. The molecular formula is C17H23NO. The highest BCUT2D eigenvalue weighted by molar-refractivity contribution is 5.96. The molecule has 1 aromatic rings. The van der Waals surface area contributed by atoms with E-state index < -0.39 is 0 Å². The second-order valence-corrected chi connectivity index (χ2v) is 6.07. The summed E-state index contributed by atoms with van der Waals surface area (Å²) in [6, 6.07) is 7.97. The topological polar surface area (TPSA) is 29.1 Å². The van der Waals surface area contributed by atoms with Crippen LogP contribution in [0.5, 0.6) is 0 Å². The summed E-state index contributed by atoms with van der Waals surface area (Å²) < 4.78 is 0. The van der Waals surface area contributed by atoms with Crippen LogP contribution in [0.4, 0.5) is 5.69 Å². The maximum absolute atomic E-state index is 11.6. The van der Waals surface area contributed by atoms with E-state index in [0.717, 1.165) is 35.5 Å². The van der Waals surface area contributed by atoms with E-state index in [4.69, 9.17) is 0 Å². The Morgan fingerprint density at radius 3 is 2.21 bits per heavy atom. The molecule has 0 atom stereocenters. The first-order valence-corrected chi connectivity index (χ1v) is 7.65. The lowest BCUT2D eigenvalue weighted by Crippen LogP contribution is -2.18. The summed E-state index contributed by atoms with van der Waals surface area (Å²) in [4.78, 5) is 11.6. The van der Waals surface area contributed by atoms with Gasteiger partial charge in [-0.3, -0.25) is 4.79 Å². The number of hydrogen-bond acceptors (Lipinski definition) is 2. The smallest absolute Gasteiger partial charge is 0.162 e. The normalized spacial score (nSPS) is 18.6. The van der Waals surface area contributed by atoms with Gasteiger partial charge in [0, 0.05) is 24.2 Å². The number of rotatable bonds is 7. The molecule has 1 N–H and O–H groups in total. The van der Waals surface area contributed by atoms with E-state index in [-0.39, 0.29) is 5.78 Å². The first kappa shape index (κ1) is 12.7. The van der Waals surface area contributed by atoms with Gasteiger partial charge in [0.15, 0.2) is 5.78 Å². The molecule has 0 heterocycles. The Labute approximate surface area is 115 Å². The number of hydrogen-bond donors (Lipinski definition) is 1. The fourth-order valence-corrected chi connectivity index (χ4v) is 2.98. The molecule has 3 rings (SSSR count). The molecule has 2 heteroatoms. The zero-order chi connectivity index (χ0) is 13.2. The molecule has 2 aliphatic carbocycles. The number of anilines is 1. The van der Waals surface area contributed by atoms with Gasteiger partial charge in [-0.05, 0) is 67.7 Å². The number of nitrogens with one attached hydrogen (secondary N) is 1. The molecule has 0 bridgehead atoms. The van der Waals surface area contributed by atoms with Crippen LogP contribution in [0.15, 0.2) is 24.3 Å². The van der Waals surface area contributed by atoms with E-state index in [1.54, 1.807) is 0 Å². The van der Waals surface area contributed by atoms with Crippen LogP contribution < -0.4 is 5.32 Å². The maximum atomic E-state index is 11.6. The summed E-state index contributed by atoms with van der Waals surface area (Å²) in [7, 11) is 0. The standard InChI is InChI=1S/C17H23NO/c1-2-17(19)14-7-9-15(10-8-14)18-11-16(12-3-4-12)13-5-6-13/h7-10,12-13,16,18H,2-6,11H2,1H3. The monoisotopic (exact) mass is 257 g/mol. The second-order valence-electron chi connectivity index (χ2n) is 6.07. The van der Waals surface area contributed by atoms with Crippen molar-refractivity contribution < 1.29 is 4.79 Å². The highest BCUT2D eigenvalue weighted by Crippen LogP contribution is 2.49. The summed E-state index contributed by atoms with van der Waals surface area (Å²) >= 11 is 0. The van der Waals surface area contributed by atoms with Crippen LogP contribution in [0.3, 0.4) is 0 Å². The van der Waals surface area contributed by atoms with Gasteiger partial charge < -0.3 is 5.32 Å². The van der Waals surface area contributed by atoms with Crippen molar-refractivity contribution in [1.29, 1.82) is 0 Å². The van der Waals surface area contributed by atoms with E-state index in [1.165, 1.54) is 25.7 Å². The molecule has 0 saturated heterocycles. The predicted octanol–water partition coefficient (Wildman–Crippen LogP) is 4.13. The molecule has 2 fully saturated rings. The van der Waals surface area contributed by atoms with Crippen molar-refractivity contribution in [3.05, 3.63) is 29.8 Å². The Balaban J connectivity index is 1.55. The van der Waals surface area contributed by atoms with E-state index in [1.807, 2.05) is 31.2 Å². The van der Waals surface area contributed by atoms with Crippen LogP contribution in [0.1, 0.15) is 49.4 Å². The van der Waals surface area contributed by atoms with Gasteiger partial charge >= 0.3 is 0 Å². The highest BCUT2D eigenvalue weighted by Gasteiger charge is 2.40. The zero-order valence-electron chi connectivity index (χ0n) is 11.7. The van der Waals surface area contributed by atoms with Crippen LogP contribution in [0.2, 0.25) is 0 Å². The molecule has 2 aliphatic rings. The number of carbonyl (C=O) groups excluding carboxylic acids is 1. The average molecular weight is 257 g/mol. The fraction of sp³-hybridized carbons (Fsp3) is 0.588. The molecule has 0 amide bonds. The van der Waals surface area contributed by atoms with Gasteiger partial charge in [0.25, 0.3) is 0 Å². The zero-order valence-corrected chi connectivity index (χ0v) is 11.7. The molecular weight excluding hydrogens is 234 g/mol. The van der Waals surface area contributed by atoms with Crippen molar-refractivity contribution >= 4 is 11.5 Å². The third-order valence-electron chi connectivity index (χ3n) is 4.52. The van der Waals surface area contributed by atoms with Gasteiger partial charge in [-0.25, -0.2) is 0 Å². The van der Waals surface area contributed by atoms with Gasteiger partial charge in [-0.15, -0.1) is 0 Å². The first-order chi connectivity index (χ1) is 9.28. The molecule has 0 aromatic heterocycles. The molecule has 102 valence electrons. The third kappa shape index (κ3) is 3.17. The van der Waals surface area contributed by atoms with E-state index in [2.05, 4.69) is 5.32 Å². The quantitative estimate of drug-likeness (QED) is 0.744. The van der Waals surface area contributed by atoms with Crippen molar-refractivity contribution in [2.45, 2.75) is 39.0 Å². The maximum Gasteiger partial charge on any atom is 0.162 e. The van der Waals surface area contributed by atoms with Gasteiger partial charge in [0.1, 0.15) is 0 Å². The molecule has 2 saturated carbocycles. The molecule has 0 unspecified atom stereocenters. The van der Waals surface area contributed by atoms with E-state index >= 15 is 0 Å². The van der Waals surface area contributed by atoms with Gasteiger partial charge in [-0.1, -0.05) is 6.92 Å². The van der Waals surface area contributed by atoms with Gasteiger partial charge in [-0.2, -0.15) is 0 Å². The summed E-state index contributed by atoms with van der Waals surface area (Å²) in [5, 5.41) is 3.56. The summed E-state index contributed by atoms with van der Waals surface area (Å²) in [6.07, 6.45) is 6.33. The molecule has 2 nitrogen and oxygen atoms in total. The summed E-state index contributed by atoms with van der Waals surface area (Å²) in [5.41, 5.74) is 1.98. The van der Waals surface area contributed by atoms with Crippen molar-refractivity contribution in [1.82, 2.24) is 0 Å². The summed E-state index contributed by atoms with van der Waals surface area (Å²) in [5.74, 6) is 3.08.